The van der Waals surface area contributed by atoms with Crippen LogP contribution in [0.15, 0.2) is 42.5 Å². The van der Waals surface area contributed by atoms with Gasteiger partial charge in [0.15, 0.2) is 0 Å². The van der Waals surface area contributed by atoms with Crippen LogP contribution in [0.25, 0.3) is 0 Å². The van der Waals surface area contributed by atoms with Crippen molar-refractivity contribution in [2.75, 3.05) is 0 Å². The number of ether oxygens (including phenoxy) is 1. The van der Waals surface area contributed by atoms with Crippen LogP contribution in [-0.4, -0.2) is 23.1 Å². The van der Waals surface area contributed by atoms with Crippen LogP contribution in [0, 0.1) is 6.92 Å². The Labute approximate surface area is 131 Å². The lowest BCUT2D eigenvalue weighted by Gasteiger charge is -2.15. The Morgan fingerprint density at radius 3 is 2.45 bits per heavy atom. The van der Waals surface area contributed by atoms with Crippen LogP contribution < -0.4 is 9.99 Å². The van der Waals surface area contributed by atoms with Crippen molar-refractivity contribution in [2.45, 2.75) is 13.5 Å². The first-order valence-corrected chi connectivity index (χ1v) is 7.09. The van der Waals surface area contributed by atoms with Crippen molar-refractivity contribution >= 4 is 28.0 Å². The summed E-state index contributed by atoms with van der Waals surface area (Å²) in [6, 6.07) is 12.3. The molecule has 5 nitrogen and oxygen atoms in total. The number of aryl methyl sites for hydroxylation is 1. The van der Waals surface area contributed by atoms with Gasteiger partial charge in [-0.25, -0.2) is 4.79 Å². The van der Waals surface area contributed by atoms with Crippen LogP contribution in [0.3, 0.4) is 0 Å². The monoisotopic (exact) mass is 318 g/mol. The topological polar surface area (TPSA) is 76.0 Å². The number of benzene rings is 2. The predicted octanol–water partition coefficient (Wildman–Crippen LogP) is 1.20. The van der Waals surface area contributed by atoms with E-state index in [1.165, 1.54) is 6.07 Å². The van der Waals surface area contributed by atoms with E-state index >= 15 is 0 Å². The molecule has 2 N–H and O–H groups in total. The maximum absolute atomic E-state index is 12.3. The molecule has 0 aliphatic heterocycles. The van der Waals surface area contributed by atoms with Gasteiger partial charge in [0.1, 0.15) is 17.9 Å². The molecule has 0 spiro atoms. The van der Waals surface area contributed by atoms with Crippen LogP contribution in [0.2, 0.25) is 0 Å². The van der Waals surface area contributed by atoms with E-state index in [9.17, 15) is 14.8 Å². The lowest BCUT2D eigenvalue weighted by Crippen LogP contribution is -2.35. The van der Waals surface area contributed by atoms with Gasteiger partial charge in [0.05, 0.1) is 9.47 Å². The second kappa shape index (κ2) is 7.41. The lowest BCUT2D eigenvalue weighted by atomic mass is 9.76. The van der Waals surface area contributed by atoms with E-state index in [-0.39, 0.29) is 23.4 Å². The Morgan fingerprint density at radius 1 is 1.18 bits per heavy atom. The number of carbonyl (C=O) groups excluding carboxylic acids is 1. The van der Waals surface area contributed by atoms with Gasteiger partial charge in [-0.2, -0.15) is 0 Å². The molecule has 114 valence electrons. The minimum Gasteiger partial charge on any atom is -0.479 e. The summed E-state index contributed by atoms with van der Waals surface area (Å²) in [6.45, 7) is 1.84. The highest BCUT2D eigenvalue weighted by atomic mass is 31.0. The van der Waals surface area contributed by atoms with Gasteiger partial charge in [0.2, 0.25) is 0 Å². The second-order valence-corrected chi connectivity index (χ2v) is 4.96. The standard InChI is InChI=1S/C15H16BO5P/c1-10-7-8-12(16(18)19)13(14(10)21-22)15(17)20-9-11-5-3-2-4-6-11/h2-8,18-19H,9,22H2,1H3. The number of rotatable bonds is 5. The van der Waals surface area contributed by atoms with Crippen LogP contribution in [-0.2, 0) is 11.3 Å². The molecule has 0 heterocycles. The quantitative estimate of drug-likeness (QED) is 0.492. The third-order valence-electron chi connectivity index (χ3n) is 3.20. The zero-order valence-electron chi connectivity index (χ0n) is 12.0. The molecule has 2 rings (SSSR count). The first-order chi connectivity index (χ1) is 10.5. The third-order valence-corrected chi connectivity index (χ3v) is 3.44. The Hall–Kier alpha value is -1.88. The molecule has 2 aromatic carbocycles. The minimum absolute atomic E-state index is 0.0148. The minimum atomic E-state index is -1.79. The van der Waals surface area contributed by atoms with E-state index in [1.807, 2.05) is 39.8 Å². The van der Waals surface area contributed by atoms with Crippen molar-refractivity contribution in [3.8, 4) is 5.75 Å². The number of esters is 1. The molecule has 0 fully saturated rings. The number of hydrogen-bond acceptors (Lipinski definition) is 5. The third kappa shape index (κ3) is 3.66. The fraction of sp³-hybridized carbons (Fsp3) is 0.133. The van der Waals surface area contributed by atoms with E-state index in [0.29, 0.717) is 5.56 Å². The van der Waals surface area contributed by atoms with Gasteiger partial charge in [-0.3, -0.25) is 0 Å². The molecule has 2 aromatic rings. The molecule has 7 heteroatoms. The molecule has 0 aliphatic carbocycles. The van der Waals surface area contributed by atoms with Crippen molar-refractivity contribution in [3.05, 3.63) is 59.2 Å². The molecular weight excluding hydrogens is 302 g/mol. The Kier molecular flexibility index (Phi) is 5.55. The molecule has 0 aliphatic rings. The lowest BCUT2D eigenvalue weighted by molar-refractivity contribution is 0.0472. The van der Waals surface area contributed by atoms with Crippen LogP contribution >= 0.6 is 9.47 Å². The number of hydrogen-bond donors (Lipinski definition) is 2. The summed E-state index contributed by atoms with van der Waals surface area (Å²) in [6.07, 6.45) is 0. The summed E-state index contributed by atoms with van der Waals surface area (Å²) in [5, 5.41) is 18.9. The van der Waals surface area contributed by atoms with E-state index < -0.39 is 13.1 Å². The highest BCUT2D eigenvalue weighted by Crippen LogP contribution is 2.25. The van der Waals surface area contributed by atoms with Gasteiger partial charge in [-0.15, -0.1) is 0 Å². The molecule has 0 radical (unpaired) electrons. The van der Waals surface area contributed by atoms with E-state index in [4.69, 9.17) is 9.26 Å². The molecule has 1 atom stereocenters. The van der Waals surface area contributed by atoms with Crippen molar-refractivity contribution in [2.24, 2.45) is 0 Å². The van der Waals surface area contributed by atoms with Gasteiger partial charge < -0.3 is 19.3 Å². The fourth-order valence-electron chi connectivity index (χ4n) is 2.07. The van der Waals surface area contributed by atoms with E-state index in [1.54, 1.807) is 13.0 Å². The Morgan fingerprint density at radius 2 is 1.86 bits per heavy atom. The molecule has 0 saturated heterocycles. The van der Waals surface area contributed by atoms with Gasteiger partial charge in [0.25, 0.3) is 0 Å². The van der Waals surface area contributed by atoms with E-state index in [0.717, 1.165) is 5.56 Å². The highest BCUT2D eigenvalue weighted by molar-refractivity contribution is 7.10. The molecular formula is C15H16BO5P. The number of carbonyl (C=O) groups is 1. The summed E-state index contributed by atoms with van der Waals surface area (Å²) in [7, 11) is 0.257. The smallest absolute Gasteiger partial charge is 0.479 e. The van der Waals surface area contributed by atoms with Crippen LogP contribution in [0.4, 0.5) is 0 Å². The van der Waals surface area contributed by atoms with Crippen molar-refractivity contribution < 1.29 is 24.1 Å². The Balaban J connectivity index is 2.29. The molecule has 0 bridgehead atoms. The van der Waals surface area contributed by atoms with Crippen molar-refractivity contribution in [1.82, 2.24) is 0 Å². The summed E-state index contributed by atoms with van der Waals surface area (Å²) < 4.78 is 10.4. The molecule has 0 aromatic heterocycles. The first-order valence-electron chi connectivity index (χ1n) is 6.62. The maximum atomic E-state index is 12.3. The van der Waals surface area contributed by atoms with Crippen LogP contribution in [0.1, 0.15) is 21.5 Å². The van der Waals surface area contributed by atoms with Gasteiger partial charge in [-0.05, 0) is 18.1 Å². The summed E-state index contributed by atoms with van der Waals surface area (Å²) >= 11 is 0. The van der Waals surface area contributed by atoms with Crippen molar-refractivity contribution in [1.29, 1.82) is 0 Å². The average Bonchev–Trinajstić information content (AvgIpc) is 2.52. The summed E-state index contributed by atoms with van der Waals surface area (Å²) in [4.78, 5) is 12.3. The average molecular weight is 318 g/mol. The van der Waals surface area contributed by atoms with E-state index in [2.05, 4.69) is 0 Å². The van der Waals surface area contributed by atoms with Gasteiger partial charge in [-0.1, -0.05) is 42.5 Å². The molecule has 1 unspecified atom stereocenters. The molecule has 0 amide bonds. The van der Waals surface area contributed by atoms with Crippen LogP contribution in [0.5, 0.6) is 5.75 Å². The maximum Gasteiger partial charge on any atom is 0.489 e. The zero-order chi connectivity index (χ0) is 16.1. The van der Waals surface area contributed by atoms with Gasteiger partial charge in [0, 0.05) is 5.46 Å². The first kappa shape index (κ1) is 16.5. The largest absolute Gasteiger partial charge is 0.489 e. The molecule has 0 saturated carbocycles. The molecule has 22 heavy (non-hydrogen) atoms. The zero-order valence-corrected chi connectivity index (χ0v) is 13.2. The Bertz CT molecular complexity index is 660. The second-order valence-electron chi connectivity index (χ2n) is 4.73. The normalized spacial score (nSPS) is 10.2. The van der Waals surface area contributed by atoms with Gasteiger partial charge >= 0.3 is 13.1 Å². The fourth-order valence-corrected chi connectivity index (χ4v) is 2.38. The highest BCUT2D eigenvalue weighted by Gasteiger charge is 2.26. The summed E-state index contributed by atoms with van der Waals surface area (Å²) in [5.41, 5.74) is 1.58. The SMILES string of the molecule is Cc1ccc(B(O)O)c(C(=O)OCc2ccccc2)c1OP. The van der Waals surface area contributed by atoms with Crippen molar-refractivity contribution in [3.63, 3.8) is 0 Å². The predicted molar refractivity (Wildman–Crippen MR) is 86.9 cm³/mol. The summed E-state index contributed by atoms with van der Waals surface area (Å²) in [5.74, 6) is -0.429.